The van der Waals surface area contributed by atoms with Gasteiger partial charge in [-0.25, -0.2) is 0 Å². The van der Waals surface area contributed by atoms with E-state index in [0.717, 1.165) is 59.3 Å². The highest BCUT2D eigenvalue weighted by molar-refractivity contribution is 6.07. The smallest absolute Gasteiger partial charge is 0.252 e. The van der Waals surface area contributed by atoms with Crippen molar-refractivity contribution in [3.8, 4) is 0 Å². The number of hydrogen-bond acceptors (Lipinski definition) is 3. The van der Waals surface area contributed by atoms with Gasteiger partial charge in [0.25, 0.3) is 5.91 Å². The topological polar surface area (TPSA) is 45.2 Å². The molecule has 0 saturated carbocycles. The van der Waals surface area contributed by atoms with Crippen molar-refractivity contribution < 1.29 is 4.79 Å². The van der Waals surface area contributed by atoms with Gasteiger partial charge in [0.05, 0.1) is 17.1 Å². The Balaban J connectivity index is 1.76. The van der Waals surface area contributed by atoms with Crippen LogP contribution in [0, 0.1) is 6.92 Å². The second-order valence-corrected chi connectivity index (χ2v) is 7.60. The Hall–Kier alpha value is -2.72. The molecule has 28 heavy (non-hydrogen) atoms. The zero-order valence-corrected chi connectivity index (χ0v) is 16.8. The van der Waals surface area contributed by atoms with Crippen molar-refractivity contribution >= 4 is 16.8 Å². The molecule has 1 atom stereocenters. The molecule has 1 amide bonds. The Bertz CT molecular complexity index is 1030. The van der Waals surface area contributed by atoms with Crippen LogP contribution >= 0.6 is 0 Å². The molecular formula is C24H27N3O. The summed E-state index contributed by atoms with van der Waals surface area (Å²) < 4.78 is 0. The Morgan fingerprint density at radius 3 is 2.71 bits per heavy atom. The molecule has 0 aliphatic carbocycles. The zero-order valence-electron chi connectivity index (χ0n) is 16.8. The Morgan fingerprint density at radius 1 is 1.18 bits per heavy atom. The van der Waals surface area contributed by atoms with Crippen LogP contribution in [0.3, 0.4) is 0 Å². The van der Waals surface area contributed by atoms with Gasteiger partial charge >= 0.3 is 0 Å². The molecule has 3 aromatic rings. The van der Waals surface area contributed by atoms with Crippen LogP contribution in [0.15, 0.2) is 48.5 Å². The van der Waals surface area contributed by atoms with Crippen molar-refractivity contribution in [1.82, 2.24) is 15.2 Å². The molecule has 0 saturated heterocycles. The van der Waals surface area contributed by atoms with Crippen LogP contribution < -0.4 is 5.32 Å². The zero-order chi connectivity index (χ0) is 19.7. The van der Waals surface area contributed by atoms with E-state index in [4.69, 9.17) is 4.98 Å². The average molecular weight is 374 g/mol. The molecule has 1 aliphatic rings. The van der Waals surface area contributed by atoms with Crippen molar-refractivity contribution in [1.29, 1.82) is 0 Å². The Morgan fingerprint density at radius 2 is 1.93 bits per heavy atom. The first-order valence-corrected chi connectivity index (χ1v) is 10.1. The van der Waals surface area contributed by atoms with Gasteiger partial charge in [-0.2, -0.15) is 0 Å². The lowest BCUT2D eigenvalue weighted by Gasteiger charge is -2.29. The van der Waals surface area contributed by atoms with E-state index >= 15 is 0 Å². The van der Waals surface area contributed by atoms with Crippen molar-refractivity contribution in [2.75, 3.05) is 13.1 Å². The summed E-state index contributed by atoms with van der Waals surface area (Å²) in [7, 11) is 0. The van der Waals surface area contributed by atoms with Crippen molar-refractivity contribution in [3.05, 3.63) is 76.5 Å². The highest BCUT2D eigenvalue weighted by Gasteiger charge is 2.26. The summed E-state index contributed by atoms with van der Waals surface area (Å²) in [5, 5.41) is 4.18. The predicted octanol–water partition coefficient (Wildman–Crippen LogP) is 4.41. The molecule has 4 heteroatoms. The number of hydrogen-bond donors (Lipinski definition) is 1. The minimum Gasteiger partial charge on any atom is -0.345 e. The molecule has 144 valence electrons. The number of rotatable bonds is 4. The summed E-state index contributed by atoms with van der Waals surface area (Å²) in [4.78, 5) is 20.7. The fourth-order valence-electron chi connectivity index (χ4n) is 4.19. The maximum absolute atomic E-state index is 13.5. The van der Waals surface area contributed by atoms with E-state index in [9.17, 15) is 4.79 Å². The molecule has 0 spiro atoms. The highest BCUT2D eigenvalue weighted by Crippen LogP contribution is 2.29. The number of fused-ring (bicyclic) bond motifs is 2. The van der Waals surface area contributed by atoms with Gasteiger partial charge < -0.3 is 5.32 Å². The molecule has 4 nitrogen and oxygen atoms in total. The van der Waals surface area contributed by atoms with Gasteiger partial charge in [-0.3, -0.25) is 14.7 Å². The fourth-order valence-corrected chi connectivity index (χ4v) is 4.19. The summed E-state index contributed by atoms with van der Waals surface area (Å²) in [6.45, 7) is 9.06. The number of aromatic nitrogens is 1. The van der Waals surface area contributed by atoms with Crippen molar-refractivity contribution in [2.24, 2.45) is 0 Å². The first kappa shape index (κ1) is 18.6. The van der Waals surface area contributed by atoms with E-state index in [-0.39, 0.29) is 11.9 Å². The molecule has 1 unspecified atom stereocenters. The van der Waals surface area contributed by atoms with E-state index in [0.29, 0.717) is 0 Å². The number of para-hydroxylation sites is 1. The van der Waals surface area contributed by atoms with Crippen LogP contribution in [0.25, 0.3) is 10.9 Å². The third-order valence-corrected chi connectivity index (χ3v) is 5.80. The number of pyridine rings is 1. The van der Waals surface area contributed by atoms with Gasteiger partial charge in [0.1, 0.15) is 0 Å². The number of benzene rings is 2. The van der Waals surface area contributed by atoms with Gasteiger partial charge in [-0.15, -0.1) is 0 Å². The second kappa shape index (κ2) is 7.72. The van der Waals surface area contributed by atoms with E-state index in [1.807, 2.05) is 36.4 Å². The lowest BCUT2D eigenvalue weighted by Crippen LogP contribution is -2.34. The summed E-state index contributed by atoms with van der Waals surface area (Å²) >= 11 is 0. The summed E-state index contributed by atoms with van der Waals surface area (Å²) in [5.41, 5.74) is 6.18. The van der Waals surface area contributed by atoms with E-state index in [1.54, 1.807) is 0 Å². The number of carbonyl (C=O) groups excluding carboxylic acids is 1. The molecule has 1 aliphatic heterocycles. The molecule has 1 N–H and O–H groups in total. The van der Waals surface area contributed by atoms with E-state index in [2.05, 4.69) is 43.1 Å². The van der Waals surface area contributed by atoms with Gasteiger partial charge in [-0.05, 0) is 37.6 Å². The molecule has 4 rings (SSSR count). The quantitative estimate of drug-likeness (QED) is 0.737. The Labute approximate surface area is 166 Å². The standard InChI is InChI=1S/C24H27N3O/c1-4-27-14-13-22-20(15-27)23(19-11-7-8-12-21(19)26-22)24(28)25-17(3)18-10-6-5-9-16(18)2/h5-12,17H,4,13-15H2,1-3H3,(H,25,28). The number of amides is 1. The number of likely N-dealkylation sites (N-methyl/N-ethyl adjacent to an activating group) is 1. The summed E-state index contributed by atoms with van der Waals surface area (Å²) in [6, 6.07) is 16.2. The van der Waals surface area contributed by atoms with Crippen LogP contribution in [0.5, 0.6) is 0 Å². The molecular weight excluding hydrogens is 346 g/mol. The summed E-state index contributed by atoms with van der Waals surface area (Å²) in [5.74, 6) is -0.0106. The van der Waals surface area contributed by atoms with Crippen LogP contribution in [-0.4, -0.2) is 28.9 Å². The molecule has 1 aromatic heterocycles. The third-order valence-electron chi connectivity index (χ3n) is 5.80. The normalized spacial score (nSPS) is 15.2. The predicted molar refractivity (Wildman–Crippen MR) is 113 cm³/mol. The Kier molecular flexibility index (Phi) is 5.14. The second-order valence-electron chi connectivity index (χ2n) is 7.60. The summed E-state index contributed by atoms with van der Waals surface area (Å²) in [6.07, 6.45) is 0.891. The fraction of sp³-hybridized carbons (Fsp3) is 0.333. The van der Waals surface area contributed by atoms with Gasteiger partial charge in [0, 0.05) is 36.2 Å². The highest BCUT2D eigenvalue weighted by atomic mass is 16.1. The first-order chi connectivity index (χ1) is 13.6. The van der Waals surface area contributed by atoms with Crippen LogP contribution in [0.2, 0.25) is 0 Å². The number of aryl methyl sites for hydroxylation is 1. The molecule has 0 fully saturated rings. The van der Waals surface area contributed by atoms with Crippen molar-refractivity contribution in [2.45, 2.75) is 39.8 Å². The molecule has 2 aromatic carbocycles. The number of nitrogens with zero attached hydrogens (tertiary/aromatic N) is 2. The number of carbonyl (C=O) groups is 1. The molecule has 0 bridgehead atoms. The van der Waals surface area contributed by atoms with Crippen LogP contribution in [0.1, 0.15) is 52.6 Å². The van der Waals surface area contributed by atoms with E-state index < -0.39 is 0 Å². The SMILES string of the molecule is CCN1CCc2nc3ccccc3c(C(=O)NC(C)c3ccccc3C)c2C1. The first-order valence-electron chi connectivity index (χ1n) is 10.1. The monoisotopic (exact) mass is 373 g/mol. The molecule has 0 radical (unpaired) electrons. The van der Waals surface area contributed by atoms with Crippen LogP contribution in [-0.2, 0) is 13.0 Å². The average Bonchev–Trinajstić information content (AvgIpc) is 2.71. The number of nitrogens with one attached hydrogen (secondary N) is 1. The lowest BCUT2D eigenvalue weighted by molar-refractivity contribution is 0.0938. The van der Waals surface area contributed by atoms with Gasteiger partial charge in [0.2, 0.25) is 0 Å². The van der Waals surface area contributed by atoms with Crippen molar-refractivity contribution in [3.63, 3.8) is 0 Å². The third kappa shape index (κ3) is 3.40. The minimum absolute atomic E-state index is 0.0106. The molecule has 2 heterocycles. The van der Waals surface area contributed by atoms with Gasteiger partial charge in [-0.1, -0.05) is 49.4 Å². The van der Waals surface area contributed by atoms with Gasteiger partial charge in [0.15, 0.2) is 0 Å². The largest absolute Gasteiger partial charge is 0.345 e. The lowest BCUT2D eigenvalue weighted by atomic mass is 9.94. The minimum atomic E-state index is -0.0536. The maximum atomic E-state index is 13.5. The maximum Gasteiger partial charge on any atom is 0.252 e. The van der Waals surface area contributed by atoms with E-state index in [1.165, 1.54) is 5.56 Å². The van der Waals surface area contributed by atoms with Crippen LogP contribution in [0.4, 0.5) is 0 Å².